The van der Waals surface area contributed by atoms with Gasteiger partial charge in [-0.2, -0.15) is 0 Å². The Kier molecular flexibility index (Phi) is 6.37. The van der Waals surface area contributed by atoms with E-state index >= 15 is 0 Å². The third-order valence-electron chi connectivity index (χ3n) is 5.23. The van der Waals surface area contributed by atoms with Gasteiger partial charge in [0.25, 0.3) is 0 Å². The molecule has 1 aromatic heterocycles. The Morgan fingerprint density at radius 2 is 2.19 bits per heavy atom. The molecular weight excluding hydrogens is 338 g/mol. The summed E-state index contributed by atoms with van der Waals surface area (Å²) in [7, 11) is 1.86. The largest absolute Gasteiger partial charge is 0.361 e. The molecule has 6 nitrogen and oxygen atoms in total. The van der Waals surface area contributed by atoms with E-state index in [2.05, 4.69) is 53.9 Å². The van der Waals surface area contributed by atoms with Crippen molar-refractivity contribution in [3.63, 3.8) is 0 Å². The summed E-state index contributed by atoms with van der Waals surface area (Å²) in [5.74, 6) is 1.06. The third kappa shape index (κ3) is 4.62. The van der Waals surface area contributed by atoms with Crippen LogP contribution in [0, 0.1) is 0 Å². The molecule has 1 aliphatic heterocycles. The molecule has 3 rings (SSSR count). The lowest BCUT2D eigenvalue weighted by Gasteiger charge is -2.31. The van der Waals surface area contributed by atoms with E-state index in [1.807, 2.05) is 7.05 Å². The minimum absolute atomic E-state index is 0.223. The number of amides is 1. The van der Waals surface area contributed by atoms with Crippen LogP contribution in [-0.4, -0.2) is 54.5 Å². The number of H-pyrrole nitrogens is 1. The summed E-state index contributed by atoms with van der Waals surface area (Å²) < 4.78 is 0. The van der Waals surface area contributed by atoms with Crippen LogP contribution in [-0.2, 0) is 17.6 Å². The smallest absolute Gasteiger partial charge is 0.222 e. The van der Waals surface area contributed by atoms with Crippen molar-refractivity contribution in [2.24, 2.45) is 4.99 Å². The van der Waals surface area contributed by atoms with Gasteiger partial charge in [0.1, 0.15) is 0 Å². The van der Waals surface area contributed by atoms with Gasteiger partial charge in [-0.05, 0) is 37.3 Å². The predicted octanol–water partition coefficient (Wildman–Crippen LogP) is 2.45. The van der Waals surface area contributed by atoms with Gasteiger partial charge in [-0.15, -0.1) is 0 Å². The first-order valence-corrected chi connectivity index (χ1v) is 9.99. The van der Waals surface area contributed by atoms with Gasteiger partial charge in [-0.1, -0.05) is 25.1 Å². The van der Waals surface area contributed by atoms with E-state index in [4.69, 9.17) is 4.99 Å². The lowest BCUT2D eigenvalue weighted by atomic mass is 10.1. The molecule has 1 amide bonds. The van der Waals surface area contributed by atoms with E-state index in [-0.39, 0.29) is 11.9 Å². The number of aliphatic imine (C=N–C) groups is 1. The average molecular weight is 370 g/mol. The molecule has 0 radical (unpaired) electrons. The van der Waals surface area contributed by atoms with Crippen molar-refractivity contribution in [3.05, 3.63) is 35.5 Å². The predicted molar refractivity (Wildman–Crippen MR) is 111 cm³/mol. The van der Waals surface area contributed by atoms with Crippen molar-refractivity contribution < 1.29 is 4.79 Å². The lowest BCUT2D eigenvalue weighted by molar-refractivity contribution is -0.132. The number of fused-ring (bicyclic) bond motifs is 1. The number of carbonyl (C=O) groups is 1. The van der Waals surface area contributed by atoms with Crippen LogP contribution in [0.25, 0.3) is 10.9 Å². The molecule has 3 N–H and O–H groups in total. The summed E-state index contributed by atoms with van der Waals surface area (Å²) >= 11 is 0. The number of guanidine groups is 1. The number of likely N-dealkylation sites (N-methyl/N-ethyl adjacent to an activating group) is 1. The Labute approximate surface area is 161 Å². The van der Waals surface area contributed by atoms with Crippen LogP contribution in [0.15, 0.2) is 29.4 Å². The van der Waals surface area contributed by atoms with E-state index in [0.717, 1.165) is 44.9 Å². The van der Waals surface area contributed by atoms with Crippen molar-refractivity contribution >= 4 is 22.8 Å². The molecule has 0 bridgehead atoms. The molecule has 146 valence electrons. The highest BCUT2D eigenvalue weighted by atomic mass is 16.2. The standard InChI is InChI=1S/C21H31N5O/c1-4-15-7-6-8-18-16(13-24-20(15)18)11-12-23-21(22-5-2)25-17-9-10-19(27)26(3)14-17/h6-8,13,17,24H,4-5,9-12,14H2,1-3H3,(H2,22,23,25). The van der Waals surface area contributed by atoms with Gasteiger partial charge in [-0.25, -0.2) is 0 Å². The van der Waals surface area contributed by atoms with Crippen LogP contribution in [0.3, 0.4) is 0 Å². The number of aromatic nitrogens is 1. The van der Waals surface area contributed by atoms with Crippen molar-refractivity contribution in [2.75, 3.05) is 26.7 Å². The van der Waals surface area contributed by atoms with Crippen LogP contribution >= 0.6 is 0 Å². The molecule has 2 aromatic rings. The SMILES string of the molecule is CCNC(=NCCc1c[nH]c2c(CC)cccc12)NC1CCC(=O)N(C)C1. The van der Waals surface area contributed by atoms with Gasteiger partial charge in [0, 0.05) is 56.2 Å². The molecule has 0 spiro atoms. The monoisotopic (exact) mass is 369 g/mol. The molecule has 27 heavy (non-hydrogen) atoms. The fraction of sp³-hybridized carbons (Fsp3) is 0.524. The topological polar surface area (TPSA) is 72.5 Å². The zero-order valence-electron chi connectivity index (χ0n) is 16.6. The molecule has 1 aliphatic rings. The Hall–Kier alpha value is -2.50. The van der Waals surface area contributed by atoms with Gasteiger partial charge in [0.15, 0.2) is 5.96 Å². The molecular formula is C21H31N5O. The number of piperidine rings is 1. The van der Waals surface area contributed by atoms with Crippen molar-refractivity contribution in [1.82, 2.24) is 20.5 Å². The number of likely N-dealkylation sites (tertiary alicyclic amines) is 1. The zero-order valence-corrected chi connectivity index (χ0v) is 16.6. The first-order chi connectivity index (χ1) is 13.1. The number of aryl methyl sites for hydroxylation is 1. The molecule has 0 aliphatic carbocycles. The van der Waals surface area contributed by atoms with Crippen molar-refractivity contribution in [3.8, 4) is 0 Å². The maximum absolute atomic E-state index is 11.7. The van der Waals surface area contributed by atoms with Crippen LogP contribution in [0.4, 0.5) is 0 Å². The Morgan fingerprint density at radius 3 is 2.93 bits per heavy atom. The number of nitrogens with one attached hydrogen (secondary N) is 3. The highest BCUT2D eigenvalue weighted by Crippen LogP contribution is 2.22. The number of carbonyl (C=O) groups excluding carboxylic acids is 1. The molecule has 1 unspecified atom stereocenters. The number of benzene rings is 1. The van der Waals surface area contributed by atoms with Crippen LogP contribution in [0.1, 0.15) is 37.8 Å². The second kappa shape index (κ2) is 8.93. The first kappa shape index (κ1) is 19.3. The second-order valence-corrected chi connectivity index (χ2v) is 7.17. The molecule has 1 fully saturated rings. The van der Waals surface area contributed by atoms with E-state index in [1.165, 1.54) is 22.0 Å². The maximum Gasteiger partial charge on any atom is 0.222 e. The number of nitrogens with zero attached hydrogens (tertiary/aromatic N) is 2. The minimum Gasteiger partial charge on any atom is -0.361 e. The summed E-state index contributed by atoms with van der Waals surface area (Å²) in [6.07, 6.45) is 5.50. The summed E-state index contributed by atoms with van der Waals surface area (Å²) in [4.78, 5) is 21.6. The first-order valence-electron chi connectivity index (χ1n) is 9.99. The van der Waals surface area contributed by atoms with Gasteiger partial charge in [0.2, 0.25) is 5.91 Å². The average Bonchev–Trinajstić information content (AvgIpc) is 3.08. The second-order valence-electron chi connectivity index (χ2n) is 7.17. The van der Waals surface area contributed by atoms with Crippen molar-refractivity contribution in [2.45, 2.75) is 45.6 Å². The molecule has 1 aromatic carbocycles. The number of para-hydroxylation sites is 1. The summed E-state index contributed by atoms with van der Waals surface area (Å²) in [6.45, 7) is 6.52. The molecule has 0 saturated carbocycles. The molecule has 2 heterocycles. The normalized spacial score (nSPS) is 18.2. The number of hydrogen-bond donors (Lipinski definition) is 3. The number of hydrogen-bond acceptors (Lipinski definition) is 2. The van der Waals surface area contributed by atoms with Crippen LogP contribution in [0.2, 0.25) is 0 Å². The number of aromatic amines is 1. The highest BCUT2D eigenvalue weighted by molar-refractivity contribution is 5.86. The van der Waals surface area contributed by atoms with Gasteiger partial charge in [-0.3, -0.25) is 9.79 Å². The summed E-state index contributed by atoms with van der Waals surface area (Å²) in [5.41, 5.74) is 3.91. The quantitative estimate of drug-likeness (QED) is 0.541. The Bertz CT molecular complexity index is 810. The molecule has 1 atom stereocenters. The summed E-state index contributed by atoms with van der Waals surface area (Å²) in [5, 5.41) is 8.10. The minimum atomic E-state index is 0.223. The highest BCUT2D eigenvalue weighted by Gasteiger charge is 2.23. The Balaban J connectivity index is 1.63. The fourth-order valence-electron chi connectivity index (χ4n) is 3.71. The van der Waals surface area contributed by atoms with Gasteiger partial charge >= 0.3 is 0 Å². The molecule has 1 saturated heterocycles. The van der Waals surface area contributed by atoms with Crippen LogP contribution in [0.5, 0.6) is 0 Å². The van der Waals surface area contributed by atoms with Crippen molar-refractivity contribution in [1.29, 1.82) is 0 Å². The third-order valence-corrected chi connectivity index (χ3v) is 5.23. The Morgan fingerprint density at radius 1 is 1.33 bits per heavy atom. The molecule has 6 heteroatoms. The fourth-order valence-corrected chi connectivity index (χ4v) is 3.71. The van der Waals surface area contributed by atoms with E-state index < -0.39 is 0 Å². The maximum atomic E-state index is 11.7. The van der Waals surface area contributed by atoms with E-state index in [9.17, 15) is 4.79 Å². The van der Waals surface area contributed by atoms with E-state index in [1.54, 1.807) is 4.90 Å². The lowest BCUT2D eigenvalue weighted by Crippen LogP contribution is -2.51. The zero-order chi connectivity index (χ0) is 19.2. The van der Waals surface area contributed by atoms with Gasteiger partial charge in [0.05, 0.1) is 0 Å². The summed E-state index contributed by atoms with van der Waals surface area (Å²) in [6, 6.07) is 6.75. The van der Waals surface area contributed by atoms with E-state index in [0.29, 0.717) is 6.42 Å². The van der Waals surface area contributed by atoms with Gasteiger partial charge < -0.3 is 20.5 Å². The van der Waals surface area contributed by atoms with Crippen LogP contribution < -0.4 is 10.6 Å². The number of rotatable bonds is 6.